The van der Waals surface area contributed by atoms with Crippen molar-refractivity contribution in [3.8, 4) is 22.6 Å². The van der Waals surface area contributed by atoms with Crippen molar-refractivity contribution in [2.24, 2.45) is 5.73 Å². The number of rotatable bonds is 5. The van der Waals surface area contributed by atoms with Crippen LogP contribution in [0.2, 0.25) is 0 Å². The third kappa shape index (κ3) is 4.39. The Labute approximate surface area is 132 Å². The third-order valence-electron chi connectivity index (χ3n) is 3.46. The lowest BCUT2D eigenvalue weighted by atomic mass is 9.97. The Balaban J connectivity index is 2.45. The first-order valence-corrected chi connectivity index (χ1v) is 7.11. The second kappa shape index (κ2) is 6.91. The van der Waals surface area contributed by atoms with Crippen molar-refractivity contribution in [2.75, 3.05) is 13.2 Å². The fraction of sp³-hybridized carbons (Fsp3) is 0.294. The van der Waals surface area contributed by atoms with Gasteiger partial charge in [0.25, 0.3) is 0 Å². The number of nitrogens with two attached hydrogens (primary N) is 1. The second-order valence-corrected chi connectivity index (χ2v) is 5.09. The van der Waals surface area contributed by atoms with Crippen molar-refractivity contribution in [2.45, 2.75) is 20.2 Å². The van der Waals surface area contributed by atoms with Gasteiger partial charge in [0.05, 0.1) is 0 Å². The zero-order valence-electron chi connectivity index (χ0n) is 12.9. The number of hydrogen-bond donors (Lipinski definition) is 1. The molecule has 0 unspecified atom stereocenters. The van der Waals surface area contributed by atoms with E-state index in [9.17, 15) is 13.2 Å². The SMILES string of the molecule is Cc1cccc(-c2ccc(OC(F)(F)F)c(OCCN)c2)c1C. The molecule has 0 amide bonds. The molecule has 0 fully saturated rings. The van der Waals surface area contributed by atoms with Crippen molar-refractivity contribution in [1.82, 2.24) is 0 Å². The summed E-state index contributed by atoms with van der Waals surface area (Å²) in [6.07, 6.45) is -4.78. The molecule has 0 aliphatic heterocycles. The normalized spacial score (nSPS) is 11.4. The van der Waals surface area contributed by atoms with Gasteiger partial charge in [-0.3, -0.25) is 0 Å². The molecule has 0 aliphatic carbocycles. The van der Waals surface area contributed by atoms with E-state index < -0.39 is 6.36 Å². The summed E-state index contributed by atoms with van der Waals surface area (Å²) in [7, 11) is 0. The van der Waals surface area contributed by atoms with Crippen LogP contribution in [0.3, 0.4) is 0 Å². The molecule has 0 aromatic heterocycles. The van der Waals surface area contributed by atoms with E-state index in [0.29, 0.717) is 0 Å². The molecule has 0 saturated heterocycles. The van der Waals surface area contributed by atoms with E-state index in [1.807, 2.05) is 32.0 Å². The lowest BCUT2D eigenvalue weighted by Gasteiger charge is -2.16. The highest BCUT2D eigenvalue weighted by Gasteiger charge is 2.32. The van der Waals surface area contributed by atoms with E-state index in [0.717, 1.165) is 22.3 Å². The Kier molecular flexibility index (Phi) is 5.15. The number of hydrogen-bond acceptors (Lipinski definition) is 3. The second-order valence-electron chi connectivity index (χ2n) is 5.09. The van der Waals surface area contributed by atoms with Gasteiger partial charge in [0.15, 0.2) is 11.5 Å². The van der Waals surface area contributed by atoms with E-state index in [-0.39, 0.29) is 24.7 Å². The predicted octanol–water partition coefficient (Wildman–Crippen LogP) is 4.21. The van der Waals surface area contributed by atoms with Gasteiger partial charge < -0.3 is 15.2 Å². The van der Waals surface area contributed by atoms with Crippen molar-refractivity contribution in [3.63, 3.8) is 0 Å². The topological polar surface area (TPSA) is 44.5 Å². The maximum atomic E-state index is 12.5. The molecule has 6 heteroatoms. The summed E-state index contributed by atoms with van der Waals surface area (Å²) in [4.78, 5) is 0. The zero-order chi connectivity index (χ0) is 17.0. The number of alkyl halides is 3. The Morgan fingerprint density at radius 1 is 1.04 bits per heavy atom. The van der Waals surface area contributed by atoms with E-state index in [1.54, 1.807) is 12.1 Å². The highest BCUT2D eigenvalue weighted by molar-refractivity contribution is 5.71. The van der Waals surface area contributed by atoms with E-state index in [2.05, 4.69) is 4.74 Å². The maximum absolute atomic E-state index is 12.5. The molecule has 0 spiro atoms. The number of halogens is 3. The van der Waals surface area contributed by atoms with Gasteiger partial charge in [0.1, 0.15) is 6.61 Å². The van der Waals surface area contributed by atoms with E-state index in [4.69, 9.17) is 10.5 Å². The number of ether oxygens (including phenoxy) is 2. The molecular weight excluding hydrogens is 307 g/mol. The van der Waals surface area contributed by atoms with Crippen molar-refractivity contribution in [1.29, 1.82) is 0 Å². The molecule has 0 radical (unpaired) electrons. The van der Waals surface area contributed by atoms with Gasteiger partial charge in [-0.1, -0.05) is 24.3 Å². The Hall–Kier alpha value is -2.21. The zero-order valence-corrected chi connectivity index (χ0v) is 12.9. The fourth-order valence-corrected chi connectivity index (χ4v) is 2.23. The highest BCUT2D eigenvalue weighted by atomic mass is 19.4. The molecule has 3 nitrogen and oxygen atoms in total. The summed E-state index contributed by atoms with van der Waals surface area (Å²) in [5.41, 5.74) is 9.20. The number of benzene rings is 2. The van der Waals surface area contributed by atoms with Gasteiger partial charge >= 0.3 is 6.36 Å². The maximum Gasteiger partial charge on any atom is 0.573 e. The summed E-state index contributed by atoms with van der Waals surface area (Å²) in [5, 5.41) is 0. The predicted molar refractivity (Wildman–Crippen MR) is 82.6 cm³/mol. The van der Waals surface area contributed by atoms with Crippen LogP contribution in [-0.4, -0.2) is 19.5 Å². The first-order chi connectivity index (χ1) is 10.8. The lowest BCUT2D eigenvalue weighted by molar-refractivity contribution is -0.275. The summed E-state index contributed by atoms with van der Waals surface area (Å²) in [5.74, 6) is -0.355. The monoisotopic (exact) mass is 325 g/mol. The molecule has 23 heavy (non-hydrogen) atoms. The van der Waals surface area contributed by atoms with Crippen LogP contribution in [0.5, 0.6) is 11.5 Å². The standard InChI is InChI=1S/C17H18F3NO2/c1-11-4-3-5-14(12(11)2)13-6-7-15(23-17(18,19)20)16(10-13)22-9-8-21/h3-7,10H,8-9,21H2,1-2H3. The van der Waals surface area contributed by atoms with E-state index >= 15 is 0 Å². The molecule has 0 bridgehead atoms. The molecule has 2 aromatic rings. The molecular formula is C17H18F3NO2. The molecule has 2 aromatic carbocycles. The minimum absolute atomic E-state index is 0.0196. The summed E-state index contributed by atoms with van der Waals surface area (Å²) in [6, 6.07) is 10.2. The molecule has 0 atom stereocenters. The third-order valence-corrected chi connectivity index (χ3v) is 3.46. The van der Waals surface area contributed by atoms with Crippen LogP contribution in [0.15, 0.2) is 36.4 Å². The van der Waals surface area contributed by atoms with Gasteiger partial charge in [-0.05, 0) is 48.2 Å². The van der Waals surface area contributed by atoms with Crippen LogP contribution in [-0.2, 0) is 0 Å². The van der Waals surface area contributed by atoms with Gasteiger partial charge in [-0.15, -0.1) is 13.2 Å². The van der Waals surface area contributed by atoms with E-state index in [1.165, 1.54) is 6.07 Å². The van der Waals surface area contributed by atoms with Crippen LogP contribution in [0, 0.1) is 13.8 Å². The molecule has 0 heterocycles. The van der Waals surface area contributed by atoms with Crippen LogP contribution >= 0.6 is 0 Å². The summed E-state index contributed by atoms with van der Waals surface area (Å²) in [6.45, 7) is 4.24. The van der Waals surface area contributed by atoms with Crippen molar-refractivity contribution >= 4 is 0 Å². The highest BCUT2D eigenvalue weighted by Crippen LogP contribution is 2.37. The summed E-state index contributed by atoms with van der Waals surface area (Å²) >= 11 is 0. The van der Waals surface area contributed by atoms with Crippen LogP contribution in [0.1, 0.15) is 11.1 Å². The largest absolute Gasteiger partial charge is 0.573 e. The molecule has 0 aliphatic rings. The lowest BCUT2D eigenvalue weighted by Crippen LogP contribution is -2.18. The van der Waals surface area contributed by atoms with Gasteiger partial charge in [-0.2, -0.15) is 0 Å². The molecule has 0 saturated carbocycles. The van der Waals surface area contributed by atoms with Gasteiger partial charge in [-0.25, -0.2) is 0 Å². The molecule has 2 N–H and O–H groups in total. The van der Waals surface area contributed by atoms with Crippen LogP contribution in [0.4, 0.5) is 13.2 Å². The smallest absolute Gasteiger partial charge is 0.488 e. The average molecular weight is 325 g/mol. The van der Waals surface area contributed by atoms with Crippen molar-refractivity contribution in [3.05, 3.63) is 47.5 Å². The minimum atomic E-state index is -4.78. The Morgan fingerprint density at radius 2 is 1.78 bits per heavy atom. The Bertz CT molecular complexity index is 684. The Morgan fingerprint density at radius 3 is 2.43 bits per heavy atom. The summed E-state index contributed by atoms with van der Waals surface area (Å²) < 4.78 is 46.8. The van der Waals surface area contributed by atoms with Gasteiger partial charge in [0, 0.05) is 6.54 Å². The quantitative estimate of drug-likeness (QED) is 0.896. The minimum Gasteiger partial charge on any atom is -0.488 e. The number of aryl methyl sites for hydroxylation is 1. The fourth-order valence-electron chi connectivity index (χ4n) is 2.23. The van der Waals surface area contributed by atoms with Crippen LogP contribution in [0.25, 0.3) is 11.1 Å². The average Bonchev–Trinajstić information content (AvgIpc) is 2.48. The van der Waals surface area contributed by atoms with Gasteiger partial charge in [0.2, 0.25) is 0 Å². The molecule has 124 valence electrons. The van der Waals surface area contributed by atoms with Crippen LogP contribution < -0.4 is 15.2 Å². The van der Waals surface area contributed by atoms with Crippen molar-refractivity contribution < 1.29 is 22.6 Å². The first-order valence-electron chi connectivity index (χ1n) is 7.11. The first kappa shape index (κ1) is 17.1. The molecule has 2 rings (SSSR count).